The molecule has 7 atom stereocenters. The Hall–Kier alpha value is -1.36. The van der Waals surface area contributed by atoms with Gasteiger partial charge < -0.3 is 5.32 Å². The molecular weight excluding hydrogens is 380 g/mol. The van der Waals surface area contributed by atoms with Gasteiger partial charge in [0.05, 0.1) is 0 Å². The van der Waals surface area contributed by atoms with Crippen molar-refractivity contribution in [1.82, 2.24) is 10.3 Å². The van der Waals surface area contributed by atoms with Gasteiger partial charge in [0.1, 0.15) is 5.03 Å². The van der Waals surface area contributed by atoms with Crippen LogP contribution in [0.3, 0.4) is 0 Å². The van der Waals surface area contributed by atoms with Gasteiger partial charge in [-0.3, -0.25) is 9.59 Å². The first-order valence-electron chi connectivity index (χ1n) is 11.3. The molecule has 29 heavy (non-hydrogen) atoms. The molecule has 4 unspecified atom stereocenters. The third kappa shape index (κ3) is 3.07. The fourth-order valence-corrected chi connectivity index (χ4v) is 8.67. The predicted octanol–water partition coefficient (Wildman–Crippen LogP) is 4.84. The Morgan fingerprint density at radius 3 is 2.69 bits per heavy atom. The van der Waals surface area contributed by atoms with Crippen molar-refractivity contribution in [2.75, 3.05) is 0 Å². The maximum atomic E-state index is 13.2. The van der Waals surface area contributed by atoms with E-state index in [0.29, 0.717) is 35.3 Å². The molecule has 1 N–H and O–H groups in total. The summed E-state index contributed by atoms with van der Waals surface area (Å²) in [7, 11) is 0. The van der Waals surface area contributed by atoms with Crippen molar-refractivity contribution in [1.29, 1.82) is 0 Å². The number of rotatable bonds is 2. The summed E-state index contributed by atoms with van der Waals surface area (Å²) in [5, 5.41) is 4.45. The maximum absolute atomic E-state index is 13.2. The van der Waals surface area contributed by atoms with E-state index < -0.39 is 0 Å². The molecule has 3 aliphatic carbocycles. The number of thioether (sulfide) groups is 1. The fraction of sp³-hybridized carbons (Fsp3) is 0.708. The number of aromatic nitrogens is 1. The number of amides is 1. The number of carbonyl (C=O) groups excluding carboxylic acids is 2. The maximum Gasteiger partial charge on any atom is 0.220 e. The lowest BCUT2D eigenvalue weighted by molar-refractivity contribution is -0.138. The second-order valence-electron chi connectivity index (χ2n) is 10.3. The summed E-state index contributed by atoms with van der Waals surface area (Å²) < 4.78 is 0. The van der Waals surface area contributed by atoms with Crippen molar-refractivity contribution < 1.29 is 9.59 Å². The van der Waals surface area contributed by atoms with Crippen LogP contribution in [0.15, 0.2) is 29.4 Å². The molecule has 2 heterocycles. The third-order valence-corrected chi connectivity index (χ3v) is 10.2. The summed E-state index contributed by atoms with van der Waals surface area (Å²) in [5.41, 5.74) is 0.365. The zero-order valence-corrected chi connectivity index (χ0v) is 18.3. The lowest BCUT2D eigenvalue weighted by atomic mass is 9.47. The summed E-state index contributed by atoms with van der Waals surface area (Å²) in [6.07, 6.45) is 10.4. The highest BCUT2D eigenvalue weighted by molar-refractivity contribution is 8.13. The molecule has 0 spiro atoms. The first-order chi connectivity index (χ1) is 13.9. The molecule has 3 saturated carbocycles. The van der Waals surface area contributed by atoms with Crippen molar-refractivity contribution in [3.63, 3.8) is 0 Å². The Bertz CT molecular complexity index is 814. The standard InChI is InChI=1S/C24H32N2O2S/c1-23-12-10-17-15(6-9-19-24(17,2)13-11-20(27)26-19)16(23)7-8-18(23)22(28)29-21-5-3-4-14-25-21/h3-5,14-19H,6-13H2,1-2H3,(H,26,27)/t15?,16?,17?,18-,19?,23+,24-/m1/s1. The van der Waals surface area contributed by atoms with E-state index in [-0.39, 0.29) is 22.7 Å². The molecule has 1 aliphatic heterocycles. The van der Waals surface area contributed by atoms with Crippen LogP contribution in [0.1, 0.15) is 65.2 Å². The Kier molecular flexibility index (Phi) is 4.80. The first kappa shape index (κ1) is 19.6. The van der Waals surface area contributed by atoms with E-state index in [9.17, 15) is 9.59 Å². The van der Waals surface area contributed by atoms with E-state index in [1.165, 1.54) is 31.0 Å². The number of carbonyl (C=O) groups is 2. The molecule has 5 heteroatoms. The minimum absolute atomic E-state index is 0.126. The Morgan fingerprint density at radius 1 is 1.07 bits per heavy atom. The van der Waals surface area contributed by atoms with Crippen molar-refractivity contribution in [3.8, 4) is 0 Å². The van der Waals surface area contributed by atoms with Crippen molar-refractivity contribution in [2.45, 2.75) is 76.3 Å². The molecule has 0 bridgehead atoms. The van der Waals surface area contributed by atoms with Crippen LogP contribution in [0.5, 0.6) is 0 Å². The zero-order chi connectivity index (χ0) is 20.2. The summed E-state index contributed by atoms with van der Waals surface area (Å²) >= 11 is 1.34. The number of fused-ring (bicyclic) bond motifs is 5. The highest BCUT2D eigenvalue weighted by Gasteiger charge is 2.61. The van der Waals surface area contributed by atoms with Crippen LogP contribution in [-0.2, 0) is 9.59 Å². The molecule has 0 radical (unpaired) electrons. The van der Waals surface area contributed by atoms with Crippen LogP contribution in [-0.4, -0.2) is 22.0 Å². The molecule has 5 rings (SSSR count). The largest absolute Gasteiger partial charge is 0.353 e. The van der Waals surface area contributed by atoms with E-state index >= 15 is 0 Å². The molecule has 156 valence electrons. The van der Waals surface area contributed by atoms with Gasteiger partial charge in [0.2, 0.25) is 5.91 Å². The number of piperidine rings is 1. The highest BCUT2D eigenvalue weighted by atomic mass is 32.2. The summed E-state index contributed by atoms with van der Waals surface area (Å²) in [5.74, 6) is 2.44. The van der Waals surface area contributed by atoms with Gasteiger partial charge in [-0.25, -0.2) is 4.98 Å². The van der Waals surface area contributed by atoms with Crippen molar-refractivity contribution in [2.24, 2.45) is 34.5 Å². The number of nitrogens with one attached hydrogen (secondary N) is 1. The van der Waals surface area contributed by atoms with Gasteiger partial charge in [0, 0.05) is 24.6 Å². The van der Waals surface area contributed by atoms with Crippen LogP contribution in [0.4, 0.5) is 0 Å². The number of pyridine rings is 1. The van der Waals surface area contributed by atoms with Gasteiger partial charge in [-0.15, -0.1) is 0 Å². The fourth-order valence-electron chi connectivity index (χ4n) is 7.67. The summed E-state index contributed by atoms with van der Waals surface area (Å²) in [4.78, 5) is 29.6. The topological polar surface area (TPSA) is 59.1 Å². The quantitative estimate of drug-likeness (QED) is 0.706. The Labute approximate surface area is 178 Å². The SMILES string of the molecule is C[C@]12CCC(=O)NC1CCC1C2CC[C@@]2(C)C1CC[C@@H]2C(=O)Sc1ccccn1. The van der Waals surface area contributed by atoms with Gasteiger partial charge in [-0.2, -0.15) is 0 Å². The molecule has 1 amide bonds. The van der Waals surface area contributed by atoms with E-state index in [1.54, 1.807) is 6.20 Å². The second-order valence-corrected chi connectivity index (χ2v) is 11.4. The van der Waals surface area contributed by atoms with Gasteiger partial charge in [0.25, 0.3) is 0 Å². The highest BCUT2D eigenvalue weighted by Crippen LogP contribution is 2.66. The average Bonchev–Trinajstić information content (AvgIpc) is 3.06. The van der Waals surface area contributed by atoms with Gasteiger partial charge in [-0.05, 0) is 97.4 Å². The van der Waals surface area contributed by atoms with Crippen LogP contribution in [0.25, 0.3) is 0 Å². The lowest BCUT2D eigenvalue weighted by Gasteiger charge is -2.60. The molecule has 4 aliphatic rings. The number of nitrogens with zero attached hydrogens (tertiary/aromatic N) is 1. The van der Waals surface area contributed by atoms with Crippen LogP contribution < -0.4 is 5.32 Å². The second kappa shape index (κ2) is 7.11. The molecule has 1 aromatic rings. The minimum atomic E-state index is 0.126. The number of hydrogen-bond donors (Lipinski definition) is 1. The van der Waals surface area contributed by atoms with E-state index in [0.717, 1.165) is 30.7 Å². The van der Waals surface area contributed by atoms with Crippen LogP contribution in [0, 0.1) is 34.5 Å². The molecule has 0 aromatic carbocycles. The van der Waals surface area contributed by atoms with Crippen LogP contribution >= 0.6 is 11.8 Å². The first-order valence-corrected chi connectivity index (χ1v) is 12.2. The molecule has 1 aromatic heterocycles. The minimum Gasteiger partial charge on any atom is -0.353 e. The van der Waals surface area contributed by atoms with Gasteiger partial charge in [0.15, 0.2) is 5.12 Å². The van der Waals surface area contributed by atoms with E-state index in [1.807, 2.05) is 18.2 Å². The van der Waals surface area contributed by atoms with Crippen molar-refractivity contribution in [3.05, 3.63) is 24.4 Å². The predicted molar refractivity (Wildman–Crippen MR) is 114 cm³/mol. The molecule has 4 nitrogen and oxygen atoms in total. The molecule has 4 fully saturated rings. The van der Waals surface area contributed by atoms with Gasteiger partial charge >= 0.3 is 0 Å². The number of hydrogen-bond acceptors (Lipinski definition) is 4. The zero-order valence-electron chi connectivity index (χ0n) is 17.5. The van der Waals surface area contributed by atoms with Crippen LogP contribution in [0.2, 0.25) is 0 Å². The van der Waals surface area contributed by atoms with E-state index in [2.05, 4.69) is 24.1 Å². The van der Waals surface area contributed by atoms with Crippen molar-refractivity contribution >= 4 is 22.8 Å². The summed E-state index contributed by atoms with van der Waals surface area (Å²) in [6, 6.07) is 6.14. The lowest BCUT2D eigenvalue weighted by Crippen LogP contribution is -2.61. The smallest absolute Gasteiger partial charge is 0.220 e. The molecule has 1 saturated heterocycles. The Balaban J connectivity index is 1.36. The normalized spacial score (nSPS) is 43.7. The Morgan fingerprint density at radius 2 is 1.90 bits per heavy atom. The summed E-state index contributed by atoms with van der Waals surface area (Å²) in [6.45, 7) is 4.84. The monoisotopic (exact) mass is 412 g/mol. The van der Waals surface area contributed by atoms with E-state index in [4.69, 9.17) is 0 Å². The average molecular weight is 413 g/mol. The van der Waals surface area contributed by atoms with Gasteiger partial charge in [-0.1, -0.05) is 19.9 Å². The third-order valence-electron chi connectivity index (χ3n) is 9.22. The molecular formula is C24H32N2O2S.